The van der Waals surface area contributed by atoms with Gasteiger partial charge >= 0.3 is 0 Å². The summed E-state index contributed by atoms with van der Waals surface area (Å²) in [5, 5.41) is 0. The highest BCUT2D eigenvalue weighted by atomic mass is 32.2. The third-order valence-electron chi connectivity index (χ3n) is 4.96. The predicted octanol–water partition coefficient (Wildman–Crippen LogP) is 7.88. The van der Waals surface area contributed by atoms with E-state index in [1.54, 1.807) is 5.57 Å². The van der Waals surface area contributed by atoms with Crippen LogP contribution in [0.15, 0.2) is 47.1 Å². The molecule has 0 fully saturated rings. The molecule has 0 N–H and O–H groups in total. The summed E-state index contributed by atoms with van der Waals surface area (Å²) in [6, 6.07) is 0. The Morgan fingerprint density at radius 2 is 1.56 bits per heavy atom. The average Bonchev–Trinajstić information content (AvgIpc) is 2.86. The van der Waals surface area contributed by atoms with Gasteiger partial charge in [-0.25, -0.2) is 0 Å². The molecule has 0 saturated heterocycles. The number of allylic oxidation sites excluding steroid dienone is 7. The molecule has 1 atom stereocenters. The maximum Gasteiger partial charge on any atom is 0.0456 e. The zero-order chi connectivity index (χ0) is 19.1. The molecular weight excluding hydrogens is 320 g/mol. The predicted molar refractivity (Wildman–Crippen MR) is 116 cm³/mol. The van der Waals surface area contributed by atoms with Gasteiger partial charge in [0, 0.05) is 9.49 Å². The zero-order valence-corrected chi connectivity index (χ0v) is 18.7. The second-order valence-corrected chi connectivity index (χ2v) is 12.9. The largest absolute Gasteiger partial charge is 0.144 e. The molecule has 140 valence electrons. The second-order valence-electron chi connectivity index (χ2n) is 10.7. The Bertz CT molecular complexity index is 620. The summed E-state index contributed by atoms with van der Waals surface area (Å²) < 4.78 is 0.395. The van der Waals surface area contributed by atoms with E-state index in [1.165, 1.54) is 11.1 Å². The molecule has 2 aliphatic rings. The molecule has 1 unspecified atom stereocenters. The Morgan fingerprint density at radius 3 is 2.00 bits per heavy atom. The molecule has 0 aliphatic heterocycles. The summed E-state index contributed by atoms with van der Waals surface area (Å²) >= 11 is 2.17. The van der Waals surface area contributed by atoms with Gasteiger partial charge in [-0.3, -0.25) is 0 Å². The number of hydrogen-bond acceptors (Lipinski definition) is 1. The van der Waals surface area contributed by atoms with E-state index in [9.17, 15) is 0 Å². The van der Waals surface area contributed by atoms with Gasteiger partial charge in [-0.05, 0) is 41.2 Å². The molecule has 1 heteroatoms. The van der Waals surface area contributed by atoms with E-state index in [1.807, 2.05) is 0 Å². The Balaban J connectivity index is 2.54. The van der Waals surface area contributed by atoms with Crippen LogP contribution in [0.3, 0.4) is 0 Å². The van der Waals surface area contributed by atoms with Gasteiger partial charge in [-0.15, -0.1) is 11.8 Å². The number of rotatable bonds is 3. The summed E-state index contributed by atoms with van der Waals surface area (Å²) in [7, 11) is 0. The van der Waals surface area contributed by atoms with Crippen molar-refractivity contribution in [3.8, 4) is 0 Å². The van der Waals surface area contributed by atoms with Crippen LogP contribution in [0.25, 0.3) is 0 Å². The summed E-state index contributed by atoms with van der Waals surface area (Å²) in [6.07, 6.45) is 15.5. The Hall–Kier alpha value is -0.690. The summed E-state index contributed by atoms with van der Waals surface area (Å²) in [6.45, 7) is 21.3. The van der Waals surface area contributed by atoms with Gasteiger partial charge < -0.3 is 0 Å². The lowest BCUT2D eigenvalue weighted by atomic mass is 9.68. The summed E-state index contributed by atoms with van der Waals surface area (Å²) in [5.74, 6) is 0. The fourth-order valence-corrected chi connectivity index (χ4v) is 6.06. The van der Waals surface area contributed by atoms with Crippen molar-refractivity contribution in [2.75, 3.05) is 0 Å². The van der Waals surface area contributed by atoms with Crippen LogP contribution in [0.1, 0.15) is 81.6 Å². The molecule has 25 heavy (non-hydrogen) atoms. The lowest BCUT2D eigenvalue weighted by Gasteiger charge is -2.47. The van der Waals surface area contributed by atoms with Gasteiger partial charge in [0.2, 0.25) is 0 Å². The van der Waals surface area contributed by atoms with Gasteiger partial charge in [-0.1, -0.05) is 98.3 Å². The third-order valence-corrected chi connectivity index (χ3v) is 6.49. The van der Waals surface area contributed by atoms with Crippen molar-refractivity contribution >= 4 is 11.8 Å². The van der Waals surface area contributed by atoms with E-state index in [0.29, 0.717) is 0 Å². The van der Waals surface area contributed by atoms with Crippen molar-refractivity contribution < 1.29 is 0 Å². The molecule has 0 radical (unpaired) electrons. The highest BCUT2D eigenvalue weighted by Gasteiger charge is 2.44. The van der Waals surface area contributed by atoms with E-state index in [0.717, 1.165) is 19.3 Å². The minimum absolute atomic E-state index is 0.158. The lowest BCUT2D eigenvalue weighted by molar-refractivity contribution is 0.423. The molecule has 0 saturated carbocycles. The van der Waals surface area contributed by atoms with E-state index in [4.69, 9.17) is 0 Å². The molecule has 0 bridgehead atoms. The van der Waals surface area contributed by atoms with Crippen molar-refractivity contribution in [3.63, 3.8) is 0 Å². The standard InChI is InChI=1S/C24H38S/c1-21(2,3)19-14-15-24(25-23(7,8)9,17-18-12-10-11-13-18)20(16-19)22(4,5)6/h10,12-14,16H,11,15,17H2,1-9H3. The van der Waals surface area contributed by atoms with Gasteiger partial charge in [0.05, 0.1) is 0 Å². The van der Waals surface area contributed by atoms with Gasteiger partial charge in [0.1, 0.15) is 0 Å². The Kier molecular flexibility index (Phi) is 5.61. The topological polar surface area (TPSA) is 0 Å². The van der Waals surface area contributed by atoms with Crippen LogP contribution >= 0.6 is 11.8 Å². The molecule has 2 rings (SSSR count). The van der Waals surface area contributed by atoms with Gasteiger partial charge in [-0.2, -0.15) is 0 Å². The van der Waals surface area contributed by atoms with Crippen molar-refractivity contribution in [1.29, 1.82) is 0 Å². The van der Waals surface area contributed by atoms with E-state index >= 15 is 0 Å². The highest BCUT2D eigenvalue weighted by molar-refractivity contribution is 8.02. The molecule has 0 aromatic carbocycles. The fourth-order valence-electron chi connectivity index (χ4n) is 4.01. The summed E-state index contributed by atoms with van der Waals surface area (Å²) in [4.78, 5) is 0. The smallest absolute Gasteiger partial charge is 0.0456 e. The molecule has 0 spiro atoms. The molecule has 0 aromatic rings. The molecule has 0 heterocycles. The van der Waals surface area contributed by atoms with Crippen LogP contribution in [0.2, 0.25) is 0 Å². The fraction of sp³-hybridized carbons (Fsp3) is 0.667. The Labute approximate surface area is 160 Å². The SMILES string of the molecule is CC(C)(C)SC1(CC2=CCC=C2)CC=C(C(C)(C)C)C=C1C(C)(C)C. The van der Waals surface area contributed by atoms with Crippen LogP contribution in [-0.2, 0) is 0 Å². The van der Waals surface area contributed by atoms with Crippen molar-refractivity contribution in [2.24, 2.45) is 10.8 Å². The quantitative estimate of drug-likeness (QED) is 0.494. The van der Waals surface area contributed by atoms with Crippen molar-refractivity contribution in [3.05, 3.63) is 47.1 Å². The van der Waals surface area contributed by atoms with Crippen LogP contribution in [0.4, 0.5) is 0 Å². The minimum atomic E-state index is 0.158. The van der Waals surface area contributed by atoms with Crippen LogP contribution in [0, 0.1) is 10.8 Å². The van der Waals surface area contributed by atoms with Crippen molar-refractivity contribution in [2.45, 2.75) is 91.1 Å². The zero-order valence-electron chi connectivity index (χ0n) is 17.9. The second kappa shape index (κ2) is 6.80. The highest BCUT2D eigenvalue weighted by Crippen LogP contribution is 2.56. The first kappa shape index (κ1) is 20.6. The molecule has 0 amide bonds. The van der Waals surface area contributed by atoms with Gasteiger partial charge in [0.15, 0.2) is 0 Å². The first-order valence-electron chi connectivity index (χ1n) is 9.72. The van der Waals surface area contributed by atoms with Crippen molar-refractivity contribution in [1.82, 2.24) is 0 Å². The molecular formula is C24H38S. The monoisotopic (exact) mass is 358 g/mol. The van der Waals surface area contributed by atoms with Gasteiger partial charge in [0.25, 0.3) is 0 Å². The maximum absolute atomic E-state index is 2.54. The third kappa shape index (κ3) is 5.16. The average molecular weight is 359 g/mol. The normalized spacial score (nSPS) is 24.9. The number of thioether (sulfide) groups is 1. The Morgan fingerprint density at radius 1 is 0.920 bits per heavy atom. The van der Waals surface area contributed by atoms with Crippen LogP contribution in [-0.4, -0.2) is 9.49 Å². The maximum atomic E-state index is 2.54. The molecule has 2 aliphatic carbocycles. The number of hydrogen-bond donors (Lipinski definition) is 0. The molecule has 0 nitrogen and oxygen atoms in total. The summed E-state index contributed by atoms with van der Waals surface area (Å²) in [5.41, 5.74) is 5.01. The van der Waals surface area contributed by atoms with Crippen LogP contribution < -0.4 is 0 Å². The van der Waals surface area contributed by atoms with E-state index in [-0.39, 0.29) is 20.3 Å². The van der Waals surface area contributed by atoms with E-state index in [2.05, 4.69) is 104 Å². The van der Waals surface area contributed by atoms with E-state index < -0.39 is 0 Å². The van der Waals surface area contributed by atoms with Crippen LogP contribution in [0.5, 0.6) is 0 Å². The lowest BCUT2D eigenvalue weighted by Crippen LogP contribution is -2.39. The first-order chi connectivity index (χ1) is 11.2. The molecule has 0 aromatic heterocycles. The first-order valence-corrected chi connectivity index (χ1v) is 10.5. The minimum Gasteiger partial charge on any atom is -0.144 e.